The van der Waals surface area contributed by atoms with Gasteiger partial charge in [-0.2, -0.15) is 0 Å². The minimum atomic E-state index is -0.197. The first-order chi connectivity index (χ1) is 10.0. The summed E-state index contributed by atoms with van der Waals surface area (Å²) in [6, 6.07) is 8.26. The smallest absolute Gasteiger partial charge is 0.125 e. The van der Waals surface area contributed by atoms with Crippen molar-refractivity contribution in [2.24, 2.45) is 23.2 Å². The molecule has 6 atom stereocenters. The van der Waals surface area contributed by atoms with Crippen LogP contribution in [0.15, 0.2) is 24.3 Å². The summed E-state index contributed by atoms with van der Waals surface area (Å²) in [6.07, 6.45) is 1.08. The van der Waals surface area contributed by atoms with E-state index in [9.17, 15) is 5.11 Å². The van der Waals surface area contributed by atoms with Gasteiger partial charge >= 0.3 is 0 Å². The lowest BCUT2D eigenvalue weighted by Gasteiger charge is -2.63. The molecule has 1 N–H and O–H groups in total. The van der Waals surface area contributed by atoms with E-state index in [1.807, 2.05) is 6.07 Å². The molecule has 21 heavy (non-hydrogen) atoms. The minimum absolute atomic E-state index is 0.0992. The van der Waals surface area contributed by atoms with Crippen molar-refractivity contribution in [1.29, 1.82) is 0 Å². The number of aliphatic hydroxyl groups is 1. The summed E-state index contributed by atoms with van der Waals surface area (Å²) in [5.74, 6) is 2.07. The highest BCUT2D eigenvalue weighted by Crippen LogP contribution is 2.63. The zero-order valence-corrected chi connectivity index (χ0v) is 13.0. The monoisotopic (exact) mass is 288 g/mol. The molecule has 1 aromatic rings. The van der Waals surface area contributed by atoms with Crippen LogP contribution >= 0.6 is 0 Å². The van der Waals surface area contributed by atoms with Crippen LogP contribution in [0.5, 0.6) is 5.75 Å². The maximum atomic E-state index is 10.1. The van der Waals surface area contributed by atoms with Crippen LogP contribution in [0.2, 0.25) is 0 Å². The van der Waals surface area contributed by atoms with Crippen molar-refractivity contribution in [2.75, 3.05) is 13.2 Å². The normalized spacial score (nSPS) is 47.4. The largest absolute Gasteiger partial charge is 0.487 e. The van der Waals surface area contributed by atoms with Crippen molar-refractivity contribution in [3.8, 4) is 5.75 Å². The molecule has 2 fully saturated rings. The van der Waals surface area contributed by atoms with E-state index in [1.54, 1.807) is 0 Å². The molecule has 1 saturated carbocycles. The van der Waals surface area contributed by atoms with Crippen LogP contribution in [0.3, 0.4) is 0 Å². The second-order valence-electron chi connectivity index (χ2n) is 7.50. The van der Waals surface area contributed by atoms with Crippen molar-refractivity contribution in [3.05, 3.63) is 29.8 Å². The number of aliphatic hydroxyl groups excluding tert-OH is 1. The standard InChI is InChI=1S/C18H24O3/c1-11-8-17(3)15-12(2)18(11,9-19)10-20-16(15)13-6-4-5-7-14(13)21-17/h4-7,11-12,15-16,19H,8-10H2,1-3H3/t11?,12?,15-,16?,17+,18-/m1/s1. The lowest BCUT2D eigenvalue weighted by atomic mass is 9.50. The fourth-order valence-electron chi connectivity index (χ4n) is 5.29. The SMILES string of the molecule is CC1C[C@]2(C)Oc3ccccc3C3OC[C@@]1(CO)C(C)[C@H]32. The van der Waals surface area contributed by atoms with Gasteiger partial charge in [-0.05, 0) is 31.2 Å². The van der Waals surface area contributed by atoms with E-state index in [-0.39, 0.29) is 23.7 Å². The molecule has 1 saturated heterocycles. The van der Waals surface area contributed by atoms with Crippen LogP contribution in [0, 0.1) is 23.2 Å². The average Bonchev–Trinajstić information content (AvgIpc) is 2.46. The van der Waals surface area contributed by atoms with E-state index < -0.39 is 0 Å². The van der Waals surface area contributed by atoms with Crippen molar-refractivity contribution in [3.63, 3.8) is 0 Å². The van der Waals surface area contributed by atoms with Gasteiger partial charge in [-0.25, -0.2) is 0 Å². The first kappa shape index (κ1) is 13.6. The number of hydrogen-bond donors (Lipinski definition) is 1. The third kappa shape index (κ3) is 1.56. The summed E-state index contributed by atoms with van der Waals surface area (Å²) in [6.45, 7) is 7.60. The summed E-state index contributed by atoms with van der Waals surface area (Å²) in [5.41, 5.74) is 0.862. The molecule has 2 aliphatic heterocycles. The summed E-state index contributed by atoms with van der Waals surface area (Å²) < 4.78 is 12.7. The molecule has 1 aliphatic carbocycles. The molecule has 2 bridgehead atoms. The molecule has 3 heteroatoms. The van der Waals surface area contributed by atoms with E-state index in [1.165, 1.54) is 5.56 Å². The van der Waals surface area contributed by atoms with Gasteiger partial charge in [0, 0.05) is 16.9 Å². The van der Waals surface area contributed by atoms with Gasteiger partial charge < -0.3 is 14.6 Å². The van der Waals surface area contributed by atoms with Crippen molar-refractivity contribution < 1.29 is 14.6 Å². The predicted molar refractivity (Wildman–Crippen MR) is 80.1 cm³/mol. The molecule has 0 radical (unpaired) electrons. The van der Waals surface area contributed by atoms with Crippen LogP contribution in [0.1, 0.15) is 38.9 Å². The van der Waals surface area contributed by atoms with E-state index >= 15 is 0 Å². The summed E-state index contributed by atoms with van der Waals surface area (Å²) >= 11 is 0. The minimum Gasteiger partial charge on any atom is -0.487 e. The molecule has 114 valence electrons. The van der Waals surface area contributed by atoms with Crippen LogP contribution in [-0.4, -0.2) is 23.9 Å². The molecule has 2 heterocycles. The molecular weight excluding hydrogens is 264 g/mol. The Morgan fingerprint density at radius 1 is 1.29 bits per heavy atom. The van der Waals surface area contributed by atoms with Gasteiger partial charge in [0.1, 0.15) is 11.4 Å². The van der Waals surface area contributed by atoms with E-state index in [2.05, 4.69) is 39.0 Å². The van der Waals surface area contributed by atoms with Crippen LogP contribution in [0.4, 0.5) is 0 Å². The second kappa shape index (κ2) is 4.23. The first-order valence-corrected chi connectivity index (χ1v) is 8.02. The van der Waals surface area contributed by atoms with Gasteiger partial charge in [0.05, 0.1) is 19.3 Å². The highest BCUT2D eigenvalue weighted by atomic mass is 16.5. The zero-order valence-electron chi connectivity index (χ0n) is 13.0. The highest BCUT2D eigenvalue weighted by molar-refractivity contribution is 5.40. The molecule has 3 unspecified atom stereocenters. The van der Waals surface area contributed by atoms with Gasteiger partial charge in [-0.1, -0.05) is 32.0 Å². The van der Waals surface area contributed by atoms with Crippen molar-refractivity contribution >= 4 is 0 Å². The van der Waals surface area contributed by atoms with Crippen molar-refractivity contribution in [1.82, 2.24) is 0 Å². The van der Waals surface area contributed by atoms with Crippen LogP contribution in [-0.2, 0) is 4.74 Å². The maximum absolute atomic E-state index is 10.1. The first-order valence-electron chi connectivity index (χ1n) is 8.02. The molecule has 3 nitrogen and oxygen atoms in total. The quantitative estimate of drug-likeness (QED) is 0.862. The molecule has 3 aliphatic rings. The Morgan fingerprint density at radius 3 is 2.81 bits per heavy atom. The molecule has 0 spiro atoms. The summed E-state index contributed by atoms with van der Waals surface area (Å²) in [4.78, 5) is 0. The van der Waals surface area contributed by atoms with Crippen LogP contribution in [0.25, 0.3) is 0 Å². The number of hydrogen-bond acceptors (Lipinski definition) is 3. The zero-order chi connectivity index (χ0) is 14.8. The van der Waals surface area contributed by atoms with Gasteiger partial charge in [0.2, 0.25) is 0 Å². The fraction of sp³-hybridized carbons (Fsp3) is 0.667. The lowest BCUT2D eigenvalue weighted by molar-refractivity contribution is -0.260. The fourth-order valence-corrected chi connectivity index (χ4v) is 5.29. The van der Waals surface area contributed by atoms with Gasteiger partial charge in [0.25, 0.3) is 0 Å². The number of benzene rings is 1. The van der Waals surface area contributed by atoms with Crippen LogP contribution < -0.4 is 4.74 Å². The Bertz CT molecular complexity index is 571. The Hall–Kier alpha value is -1.06. The number of fused-ring (bicyclic) bond motifs is 3. The lowest BCUT2D eigenvalue weighted by Crippen LogP contribution is -2.65. The average molecular weight is 288 g/mol. The van der Waals surface area contributed by atoms with Gasteiger partial charge in [-0.15, -0.1) is 0 Å². The number of para-hydroxylation sites is 1. The van der Waals surface area contributed by atoms with Crippen molar-refractivity contribution in [2.45, 2.75) is 38.9 Å². The van der Waals surface area contributed by atoms with Gasteiger partial charge in [0.15, 0.2) is 0 Å². The molecule has 0 aromatic heterocycles. The second-order valence-corrected chi connectivity index (χ2v) is 7.50. The van der Waals surface area contributed by atoms with E-state index in [0.29, 0.717) is 24.4 Å². The molecular formula is C18H24O3. The van der Waals surface area contributed by atoms with E-state index in [4.69, 9.17) is 9.47 Å². The number of ether oxygens (including phenoxy) is 2. The Kier molecular flexibility index (Phi) is 2.74. The highest BCUT2D eigenvalue weighted by Gasteiger charge is 2.64. The Balaban J connectivity index is 1.87. The molecule has 0 amide bonds. The molecule has 4 rings (SSSR count). The third-order valence-corrected chi connectivity index (χ3v) is 6.56. The van der Waals surface area contributed by atoms with E-state index in [0.717, 1.165) is 12.2 Å². The number of rotatable bonds is 1. The summed E-state index contributed by atoms with van der Waals surface area (Å²) in [5, 5.41) is 10.1. The summed E-state index contributed by atoms with van der Waals surface area (Å²) in [7, 11) is 0. The maximum Gasteiger partial charge on any atom is 0.125 e. The Morgan fingerprint density at radius 2 is 2.05 bits per heavy atom. The molecule has 1 aromatic carbocycles. The topological polar surface area (TPSA) is 38.7 Å². The van der Waals surface area contributed by atoms with Gasteiger partial charge in [-0.3, -0.25) is 0 Å². The third-order valence-electron chi connectivity index (χ3n) is 6.56. The predicted octanol–water partition coefficient (Wildman–Crippen LogP) is 3.18. The Labute approximate surface area is 126 Å².